The fourth-order valence-corrected chi connectivity index (χ4v) is 2.45. The SMILES string of the molecule is Cc1cc2c(c(C)c1/C=C/C(=O)O)C(=O)CC2. The summed E-state index contributed by atoms with van der Waals surface area (Å²) in [5.74, 6) is -0.807. The molecule has 1 aliphatic carbocycles. The zero-order valence-corrected chi connectivity index (χ0v) is 9.91. The number of fused-ring (bicyclic) bond motifs is 1. The van der Waals surface area contributed by atoms with Crippen LogP contribution in [0.15, 0.2) is 12.1 Å². The summed E-state index contributed by atoms with van der Waals surface area (Å²) in [6.45, 7) is 3.83. The van der Waals surface area contributed by atoms with Crippen molar-refractivity contribution in [2.75, 3.05) is 0 Å². The highest BCUT2D eigenvalue weighted by molar-refractivity contribution is 6.03. The van der Waals surface area contributed by atoms with Crippen LogP contribution in [0.2, 0.25) is 0 Å². The zero-order chi connectivity index (χ0) is 12.6. The smallest absolute Gasteiger partial charge is 0.328 e. The lowest BCUT2D eigenvalue weighted by Crippen LogP contribution is -2.00. The van der Waals surface area contributed by atoms with E-state index in [2.05, 4.69) is 0 Å². The molecule has 0 spiro atoms. The van der Waals surface area contributed by atoms with E-state index < -0.39 is 5.97 Å². The maximum Gasteiger partial charge on any atom is 0.328 e. The van der Waals surface area contributed by atoms with Crippen molar-refractivity contribution >= 4 is 17.8 Å². The quantitative estimate of drug-likeness (QED) is 0.794. The monoisotopic (exact) mass is 230 g/mol. The van der Waals surface area contributed by atoms with Crippen LogP contribution in [-0.2, 0) is 11.2 Å². The predicted molar refractivity (Wildman–Crippen MR) is 65.2 cm³/mol. The Bertz CT molecular complexity index is 539. The Morgan fingerprint density at radius 2 is 2.06 bits per heavy atom. The Morgan fingerprint density at radius 1 is 1.35 bits per heavy atom. The van der Waals surface area contributed by atoms with E-state index in [0.717, 1.165) is 40.3 Å². The molecular weight excluding hydrogens is 216 g/mol. The lowest BCUT2D eigenvalue weighted by molar-refractivity contribution is -0.131. The van der Waals surface area contributed by atoms with Gasteiger partial charge in [-0.25, -0.2) is 4.79 Å². The van der Waals surface area contributed by atoms with E-state index in [0.29, 0.717) is 6.42 Å². The van der Waals surface area contributed by atoms with Crippen LogP contribution in [-0.4, -0.2) is 16.9 Å². The van der Waals surface area contributed by atoms with Crippen molar-refractivity contribution < 1.29 is 14.7 Å². The Labute approximate surface area is 99.8 Å². The molecule has 0 amide bonds. The molecule has 2 rings (SSSR count). The molecule has 0 aliphatic heterocycles. The number of ketones is 1. The van der Waals surface area contributed by atoms with Crippen molar-refractivity contribution in [3.63, 3.8) is 0 Å². The first kappa shape index (κ1) is 11.6. The molecule has 0 radical (unpaired) electrons. The highest BCUT2D eigenvalue weighted by Gasteiger charge is 2.23. The second-order valence-corrected chi connectivity index (χ2v) is 4.36. The normalized spacial score (nSPS) is 14.4. The van der Waals surface area contributed by atoms with Gasteiger partial charge >= 0.3 is 5.97 Å². The number of aliphatic carboxylic acids is 1. The predicted octanol–water partition coefficient (Wildman–Crippen LogP) is 2.53. The third-order valence-electron chi connectivity index (χ3n) is 3.21. The van der Waals surface area contributed by atoms with Gasteiger partial charge in [-0.2, -0.15) is 0 Å². The van der Waals surface area contributed by atoms with Crippen LogP contribution >= 0.6 is 0 Å². The summed E-state index contributed by atoms with van der Waals surface area (Å²) >= 11 is 0. The number of carbonyl (C=O) groups is 2. The van der Waals surface area contributed by atoms with Crippen LogP contribution < -0.4 is 0 Å². The molecule has 1 aromatic carbocycles. The van der Waals surface area contributed by atoms with Crippen LogP contribution in [0.25, 0.3) is 6.08 Å². The van der Waals surface area contributed by atoms with Gasteiger partial charge in [0.15, 0.2) is 5.78 Å². The van der Waals surface area contributed by atoms with Crippen LogP contribution in [0.5, 0.6) is 0 Å². The summed E-state index contributed by atoms with van der Waals surface area (Å²) in [6.07, 6.45) is 4.06. The molecule has 0 heterocycles. The highest BCUT2D eigenvalue weighted by atomic mass is 16.4. The van der Waals surface area contributed by atoms with Gasteiger partial charge in [-0.15, -0.1) is 0 Å². The van der Waals surface area contributed by atoms with Crippen molar-refractivity contribution in [2.45, 2.75) is 26.7 Å². The first-order valence-electron chi connectivity index (χ1n) is 5.58. The lowest BCUT2D eigenvalue weighted by Gasteiger charge is -2.10. The number of Topliss-reactive ketones (excluding diaryl/α,β-unsaturated/α-hetero) is 1. The summed E-state index contributed by atoms with van der Waals surface area (Å²) in [5.41, 5.74) is 4.66. The first-order chi connectivity index (χ1) is 8.00. The van der Waals surface area contributed by atoms with Crippen LogP contribution in [0, 0.1) is 13.8 Å². The van der Waals surface area contributed by atoms with Crippen molar-refractivity contribution in [3.05, 3.63) is 40.0 Å². The summed E-state index contributed by atoms with van der Waals surface area (Å²) in [6, 6.07) is 1.99. The topological polar surface area (TPSA) is 54.4 Å². The van der Waals surface area contributed by atoms with E-state index in [-0.39, 0.29) is 5.78 Å². The number of carboxylic acid groups (broad SMARTS) is 1. The van der Waals surface area contributed by atoms with Crippen molar-refractivity contribution in [1.82, 2.24) is 0 Å². The van der Waals surface area contributed by atoms with E-state index >= 15 is 0 Å². The molecule has 1 aromatic rings. The Balaban J connectivity index is 2.58. The summed E-state index contributed by atoms with van der Waals surface area (Å²) in [5, 5.41) is 8.65. The number of hydrogen-bond donors (Lipinski definition) is 1. The van der Waals surface area contributed by atoms with Gasteiger partial charge in [0.2, 0.25) is 0 Å². The largest absolute Gasteiger partial charge is 0.478 e. The Morgan fingerprint density at radius 3 is 2.71 bits per heavy atom. The average molecular weight is 230 g/mol. The molecule has 0 saturated carbocycles. The standard InChI is InChI=1S/C14H14O3/c1-8-7-10-3-5-12(15)14(10)9(2)11(8)4-6-13(16)17/h4,6-7H,3,5H2,1-2H3,(H,16,17)/b6-4+. The Kier molecular flexibility index (Phi) is 2.84. The molecule has 1 aliphatic rings. The average Bonchev–Trinajstić information content (AvgIpc) is 2.59. The van der Waals surface area contributed by atoms with Crippen LogP contribution in [0.1, 0.15) is 39.0 Å². The second kappa shape index (κ2) is 4.17. The molecule has 0 aromatic heterocycles. The minimum absolute atomic E-state index is 0.169. The number of carbonyl (C=O) groups excluding carboxylic acids is 1. The summed E-state index contributed by atoms with van der Waals surface area (Å²) in [7, 11) is 0. The number of aryl methyl sites for hydroxylation is 2. The van der Waals surface area contributed by atoms with Crippen LogP contribution in [0.3, 0.4) is 0 Å². The fraction of sp³-hybridized carbons (Fsp3) is 0.286. The molecule has 3 heteroatoms. The van der Waals surface area contributed by atoms with E-state index in [1.54, 1.807) is 6.08 Å². The number of benzene rings is 1. The molecule has 0 unspecified atom stereocenters. The van der Waals surface area contributed by atoms with Gasteiger partial charge in [-0.1, -0.05) is 6.07 Å². The van der Waals surface area contributed by atoms with Gasteiger partial charge in [0.25, 0.3) is 0 Å². The van der Waals surface area contributed by atoms with Crippen LogP contribution in [0.4, 0.5) is 0 Å². The first-order valence-corrected chi connectivity index (χ1v) is 5.58. The third kappa shape index (κ3) is 2.00. The van der Waals surface area contributed by atoms with Gasteiger partial charge in [0, 0.05) is 18.1 Å². The molecule has 17 heavy (non-hydrogen) atoms. The minimum Gasteiger partial charge on any atom is -0.478 e. The summed E-state index contributed by atoms with van der Waals surface area (Å²) < 4.78 is 0. The maximum absolute atomic E-state index is 11.7. The molecule has 0 bridgehead atoms. The number of carboxylic acids is 1. The van der Waals surface area contributed by atoms with Gasteiger partial charge in [-0.3, -0.25) is 4.79 Å². The van der Waals surface area contributed by atoms with E-state index in [1.165, 1.54) is 0 Å². The molecule has 88 valence electrons. The molecule has 0 fully saturated rings. The molecule has 1 N–H and O–H groups in total. The fourth-order valence-electron chi connectivity index (χ4n) is 2.45. The second-order valence-electron chi connectivity index (χ2n) is 4.36. The zero-order valence-electron chi connectivity index (χ0n) is 9.91. The van der Waals surface area contributed by atoms with E-state index in [1.807, 2.05) is 19.9 Å². The number of hydrogen-bond acceptors (Lipinski definition) is 2. The molecule has 0 saturated heterocycles. The molecule has 0 atom stereocenters. The van der Waals surface area contributed by atoms with E-state index in [4.69, 9.17) is 5.11 Å². The van der Waals surface area contributed by atoms with Gasteiger partial charge in [0.05, 0.1) is 0 Å². The lowest BCUT2D eigenvalue weighted by atomic mass is 9.94. The molecular formula is C14H14O3. The Hall–Kier alpha value is -1.90. The van der Waals surface area contributed by atoms with Crippen molar-refractivity contribution in [2.24, 2.45) is 0 Å². The number of rotatable bonds is 2. The van der Waals surface area contributed by atoms with Gasteiger partial charge in [0.1, 0.15) is 0 Å². The minimum atomic E-state index is -0.976. The molecule has 3 nitrogen and oxygen atoms in total. The van der Waals surface area contributed by atoms with Gasteiger partial charge in [-0.05, 0) is 48.6 Å². The van der Waals surface area contributed by atoms with Gasteiger partial charge < -0.3 is 5.11 Å². The van der Waals surface area contributed by atoms with Crippen molar-refractivity contribution in [1.29, 1.82) is 0 Å². The van der Waals surface area contributed by atoms with E-state index in [9.17, 15) is 9.59 Å². The van der Waals surface area contributed by atoms with Crippen molar-refractivity contribution in [3.8, 4) is 0 Å². The highest BCUT2D eigenvalue weighted by Crippen LogP contribution is 2.30. The third-order valence-corrected chi connectivity index (χ3v) is 3.21. The summed E-state index contributed by atoms with van der Waals surface area (Å²) in [4.78, 5) is 22.3. The maximum atomic E-state index is 11.7.